The summed E-state index contributed by atoms with van der Waals surface area (Å²) in [7, 11) is -3.24. The SMILES string of the molecule is CS(=O)(=O)N1CCN(C(=O)C[N+](=O)[O-])CC1. The van der Waals surface area contributed by atoms with Crippen LogP contribution in [0, 0.1) is 10.1 Å². The van der Waals surface area contributed by atoms with Crippen molar-refractivity contribution in [1.29, 1.82) is 0 Å². The van der Waals surface area contributed by atoms with Gasteiger partial charge in [-0.15, -0.1) is 0 Å². The number of rotatable bonds is 3. The highest BCUT2D eigenvalue weighted by atomic mass is 32.2. The average molecular weight is 251 g/mol. The lowest BCUT2D eigenvalue weighted by Crippen LogP contribution is -2.51. The Hall–Kier alpha value is -1.22. The van der Waals surface area contributed by atoms with E-state index in [0.717, 1.165) is 6.26 Å². The van der Waals surface area contributed by atoms with Crippen molar-refractivity contribution in [2.24, 2.45) is 0 Å². The molecule has 16 heavy (non-hydrogen) atoms. The Morgan fingerprint density at radius 3 is 2.19 bits per heavy atom. The number of piperazine rings is 1. The molecule has 0 aliphatic carbocycles. The maximum absolute atomic E-state index is 11.3. The molecule has 0 aromatic heterocycles. The number of hydrogen-bond acceptors (Lipinski definition) is 5. The van der Waals surface area contributed by atoms with E-state index in [-0.39, 0.29) is 26.2 Å². The van der Waals surface area contributed by atoms with Crippen LogP contribution in [0.1, 0.15) is 0 Å². The Balaban J connectivity index is 2.49. The fraction of sp³-hybridized carbons (Fsp3) is 0.857. The Labute approximate surface area is 93.0 Å². The van der Waals surface area contributed by atoms with Crippen LogP contribution in [0.25, 0.3) is 0 Å². The second-order valence-corrected chi connectivity index (χ2v) is 5.52. The number of sulfonamides is 1. The number of carbonyl (C=O) groups is 1. The molecule has 0 unspecified atom stereocenters. The summed E-state index contributed by atoms with van der Waals surface area (Å²) in [5.74, 6) is -0.571. The Bertz CT molecular complexity index is 385. The lowest BCUT2D eigenvalue weighted by Gasteiger charge is -2.32. The van der Waals surface area contributed by atoms with Crippen molar-refractivity contribution in [3.63, 3.8) is 0 Å². The number of carbonyl (C=O) groups excluding carboxylic acids is 1. The first-order valence-corrected chi connectivity index (χ1v) is 6.50. The monoisotopic (exact) mass is 251 g/mol. The van der Waals surface area contributed by atoms with Gasteiger partial charge in [0.1, 0.15) is 0 Å². The fourth-order valence-corrected chi connectivity index (χ4v) is 2.31. The molecule has 1 fully saturated rings. The highest BCUT2D eigenvalue weighted by molar-refractivity contribution is 7.88. The van der Waals surface area contributed by atoms with Crippen LogP contribution < -0.4 is 0 Å². The minimum atomic E-state index is -3.24. The summed E-state index contributed by atoms with van der Waals surface area (Å²) in [5.41, 5.74) is 0. The molecule has 1 saturated heterocycles. The third-order valence-electron chi connectivity index (χ3n) is 2.32. The molecule has 0 saturated carbocycles. The highest BCUT2D eigenvalue weighted by Gasteiger charge is 2.27. The zero-order chi connectivity index (χ0) is 12.3. The third-order valence-corrected chi connectivity index (χ3v) is 3.63. The molecule has 0 N–H and O–H groups in total. The molecule has 0 aromatic rings. The van der Waals surface area contributed by atoms with Gasteiger partial charge in [-0.3, -0.25) is 14.9 Å². The first-order chi connectivity index (χ1) is 7.30. The Morgan fingerprint density at radius 2 is 1.81 bits per heavy atom. The Morgan fingerprint density at radius 1 is 1.31 bits per heavy atom. The van der Waals surface area contributed by atoms with E-state index in [1.54, 1.807) is 0 Å². The molecule has 1 rings (SSSR count). The lowest BCUT2D eigenvalue weighted by atomic mass is 10.3. The molecule has 1 heterocycles. The lowest BCUT2D eigenvalue weighted by molar-refractivity contribution is -0.468. The second-order valence-electron chi connectivity index (χ2n) is 3.53. The van der Waals surface area contributed by atoms with Gasteiger partial charge in [-0.25, -0.2) is 8.42 Å². The zero-order valence-corrected chi connectivity index (χ0v) is 9.64. The van der Waals surface area contributed by atoms with Gasteiger partial charge >= 0.3 is 0 Å². The van der Waals surface area contributed by atoms with E-state index in [1.807, 2.05) is 0 Å². The van der Waals surface area contributed by atoms with Gasteiger partial charge in [0.05, 0.1) is 6.26 Å². The maximum Gasteiger partial charge on any atom is 0.294 e. The number of nitrogens with zero attached hydrogens (tertiary/aromatic N) is 3. The molecule has 0 atom stereocenters. The van der Waals surface area contributed by atoms with Gasteiger partial charge in [0.15, 0.2) is 0 Å². The molecular weight excluding hydrogens is 238 g/mol. The topological polar surface area (TPSA) is 101 Å². The van der Waals surface area contributed by atoms with Crippen LogP contribution in [0.15, 0.2) is 0 Å². The number of hydrogen-bond donors (Lipinski definition) is 0. The van der Waals surface area contributed by atoms with Gasteiger partial charge in [0, 0.05) is 31.1 Å². The highest BCUT2D eigenvalue weighted by Crippen LogP contribution is 2.06. The number of nitro groups is 1. The summed E-state index contributed by atoms with van der Waals surface area (Å²) in [6, 6.07) is 0. The van der Waals surface area contributed by atoms with E-state index >= 15 is 0 Å². The fourth-order valence-electron chi connectivity index (χ4n) is 1.48. The van der Waals surface area contributed by atoms with Gasteiger partial charge in [-0.05, 0) is 0 Å². The van der Waals surface area contributed by atoms with Crippen molar-refractivity contribution in [2.45, 2.75) is 0 Å². The van der Waals surface area contributed by atoms with Crippen LogP contribution in [0.3, 0.4) is 0 Å². The normalized spacial score (nSPS) is 18.4. The molecule has 1 aliphatic rings. The van der Waals surface area contributed by atoms with Crippen molar-refractivity contribution in [3.8, 4) is 0 Å². The predicted octanol–water partition coefficient (Wildman–Crippen LogP) is -1.63. The van der Waals surface area contributed by atoms with E-state index in [2.05, 4.69) is 0 Å². The molecule has 1 aliphatic heterocycles. The minimum Gasteiger partial charge on any atom is -0.334 e. The van der Waals surface area contributed by atoms with Crippen molar-refractivity contribution < 1.29 is 18.1 Å². The van der Waals surface area contributed by atoms with Crippen LogP contribution in [0.5, 0.6) is 0 Å². The van der Waals surface area contributed by atoms with Crippen molar-refractivity contribution in [3.05, 3.63) is 10.1 Å². The quantitative estimate of drug-likeness (QED) is 0.442. The molecule has 0 radical (unpaired) electrons. The molecular formula is C7H13N3O5S. The van der Waals surface area contributed by atoms with Gasteiger partial charge < -0.3 is 4.90 Å². The van der Waals surface area contributed by atoms with E-state index in [9.17, 15) is 23.3 Å². The largest absolute Gasteiger partial charge is 0.334 e. The average Bonchev–Trinajstić information content (AvgIpc) is 2.15. The second kappa shape index (κ2) is 4.74. The molecule has 8 nitrogen and oxygen atoms in total. The van der Waals surface area contributed by atoms with Crippen LogP contribution in [-0.4, -0.2) is 67.4 Å². The summed E-state index contributed by atoms with van der Waals surface area (Å²) in [6.07, 6.45) is 1.10. The third kappa shape index (κ3) is 3.42. The van der Waals surface area contributed by atoms with E-state index in [1.165, 1.54) is 9.21 Å². The molecule has 92 valence electrons. The van der Waals surface area contributed by atoms with Crippen LogP contribution >= 0.6 is 0 Å². The first-order valence-electron chi connectivity index (χ1n) is 4.65. The summed E-state index contributed by atoms with van der Waals surface area (Å²) in [5, 5.41) is 10.1. The van der Waals surface area contributed by atoms with Crippen LogP contribution in [0.4, 0.5) is 0 Å². The zero-order valence-electron chi connectivity index (χ0n) is 8.83. The van der Waals surface area contributed by atoms with Crippen molar-refractivity contribution in [1.82, 2.24) is 9.21 Å². The molecule has 9 heteroatoms. The van der Waals surface area contributed by atoms with E-state index < -0.39 is 27.4 Å². The van der Waals surface area contributed by atoms with Gasteiger partial charge in [0.2, 0.25) is 10.0 Å². The van der Waals surface area contributed by atoms with Crippen molar-refractivity contribution >= 4 is 15.9 Å². The molecule has 0 spiro atoms. The summed E-state index contributed by atoms with van der Waals surface area (Å²) >= 11 is 0. The maximum atomic E-state index is 11.3. The van der Waals surface area contributed by atoms with E-state index in [0.29, 0.717) is 0 Å². The predicted molar refractivity (Wildman–Crippen MR) is 54.9 cm³/mol. The summed E-state index contributed by atoms with van der Waals surface area (Å²) in [6.45, 7) is 0.0724. The number of amides is 1. The van der Waals surface area contributed by atoms with Gasteiger partial charge in [0.25, 0.3) is 12.5 Å². The van der Waals surface area contributed by atoms with Gasteiger partial charge in [-0.1, -0.05) is 0 Å². The van der Waals surface area contributed by atoms with Crippen molar-refractivity contribution in [2.75, 3.05) is 39.0 Å². The minimum absolute atomic E-state index is 0.197. The summed E-state index contributed by atoms with van der Waals surface area (Å²) in [4.78, 5) is 22.0. The first kappa shape index (κ1) is 12.8. The van der Waals surface area contributed by atoms with Gasteiger partial charge in [-0.2, -0.15) is 4.31 Å². The molecule has 0 bridgehead atoms. The molecule has 1 amide bonds. The Kier molecular flexibility index (Phi) is 3.81. The summed E-state index contributed by atoms with van der Waals surface area (Å²) < 4.78 is 23.6. The smallest absolute Gasteiger partial charge is 0.294 e. The van der Waals surface area contributed by atoms with Crippen LogP contribution in [0.2, 0.25) is 0 Å². The van der Waals surface area contributed by atoms with E-state index in [4.69, 9.17) is 0 Å². The van der Waals surface area contributed by atoms with Crippen LogP contribution in [-0.2, 0) is 14.8 Å². The molecule has 0 aromatic carbocycles. The standard InChI is InChI=1S/C7H13N3O5S/c1-16(14,15)9-4-2-8(3-5-9)7(11)6-10(12)13/h2-6H2,1H3.